The Morgan fingerprint density at radius 1 is 1.30 bits per heavy atom. The number of para-hydroxylation sites is 1. The van der Waals surface area contributed by atoms with Crippen molar-refractivity contribution in [3.8, 4) is 0 Å². The fraction of sp³-hybridized carbons (Fsp3) is 0.333. The van der Waals surface area contributed by atoms with Crippen molar-refractivity contribution in [2.75, 3.05) is 11.4 Å². The van der Waals surface area contributed by atoms with E-state index in [-0.39, 0.29) is 11.9 Å². The average molecular weight is 270 g/mol. The molecule has 0 spiro atoms. The smallest absolute Gasteiger partial charge is 0.243 e. The zero-order valence-corrected chi connectivity index (χ0v) is 11.5. The minimum atomic E-state index is -0.167. The molecule has 1 aliphatic rings. The molecule has 0 aliphatic carbocycles. The van der Waals surface area contributed by atoms with E-state index in [1.807, 2.05) is 47.0 Å². The molecule has 0 saturated carbocycles. The fourth-order valence-electron chi connectivity index (χ4n) is 2.49. The van der Waals surface area contributed by atoms with Crippen LogP contribution >= 0.6 is 0 Å². The molecule has 0 radical (unpaired) electrons. The van der Waals surface area contributed by atoms with Gasteiger partial charge in [0.05, 0.1) is 12.6 Å². The van der Waals surface area contributed by atoms with E-state index in [1.165, 1.54) is 0 Å². The third-order valence-electron chi connectivity index (χ3n) is 3.63. The highest BCUT2D eigenvalue weighted by Gasteiger charge is 2.26. The number of anilines is 1. The van der Waals surface area contributed by atoms with Crippen LogP contribution in [0.25, 0.3) is 0 Å². The van der Waals surface area contributed by atoms with Gasteiger partial charge in [0.15, 0.2) is 0 Å². The van der Waals surface area contributed by atoms with Crippen molar-refractivity contribution in [3.05, 3.63) is 48.3 Å². The number of amides is 1. The molecule has 5 heteroatoms. The molecule has 1 amide bonds. The Morgan fingerprint density at radius 2 is 2.15 bits per heavy atom. The summed E-state index contributed by atoms with van der Waals surface area (Å²) in [5.74, 6) is 0.113. The molecule has 104 valence electrons. The van der Waals surface area contributed by atoms with E-state index >= 15 is 0 Å². The Kier molecular flexibility index (Phi) is 3.52. The zero-order chi connectivity index (χ0) is 13.9. The highest BCUT2D eigenvalue weighted by atomic mass is 16.2. The van der Waals surface area contributed by atoms with Crippen LogP contribution in [-0.4, -0.2) is 28.3 Å². The monoisotopic (exact) mass is 270 g/mol. The Labute approximate surface area is 118 Å². The van der Waals surface area contributed by atoms with E-state index in [0.717, 1.165) is 17.8 Å². The van der Waals surface area contributed by atoms with Crippen LogP contribution in [0.5, 0.6) is 0 Å². The normalized spacial score (nSPS) is 18.8. The highest BCUT2D eigenvalue weighted by molar-refractivity contribution is 5.98. The summed E-state index contributed by atoms with van der Waals surface area (Å²) in [4.78, 5) is 14.4. The van der Waals surface area contributed by atoms with E-state index < -0.39 is 0 Å². The summed E-state index contributed by atoms with van der Waals surface area (Å²) >= 11 is 0. The molecule has 2 heterocycles. The Bertz CT molecular complexity index is 594. The van der Waals surface area contributed by atoms with Crippen molar-refractivity contribution in [1.29, 1.82) is 0 Å². The molecule has 1 unspecified atom stereocenters. The van der Waals surface area contributed by atoms with Crippen LogP contribution in [0.1, 0.15) is 12.5 Å². The van der Waals surface area contributed by atoms with Gasteiger partial charge in [-0.05, 0) is 24.6 Å². The lowest BCUT2D eigenvalue weighted by molar-refractivity contribution is -0.120. The summed E-state index contributed by atoms with van der Waals surface area (Å²) in [7, 11) is 0. The zero-order valence-electron chi connectivity index (χ0n) is 11.5. The molecule has 0 fully saturated rings. The van der Waals surface area contributed by atoms with Gasteiger partial charge in [0.2, 0.25) is 5.91 Å². The van der Waals surface area contributed by atoms with E-state index in [1.54, 1.807) is 6.20 Å². The van der Waals surface area contributed by atoms with Gasteiger partial charge in [-0.2, -0.15) is 5.10 Å². The van der Waals surface area contributed by atoms with Gasteiger partial charge in [0.1, 0.15) is 0 Å². The number of hydrogen-bond donors (Lipinski definition) is 1. The lowest BCUT2D eigenvalue weighted by Crippen LogP contribution is -2.43. The van der Waals surface area contributed by atoms with Crippen molar-refractivity contribution >= 4 is 11.6 Å². The van der Waals surface area contributed by atoms with Crippen molar-refractivity contribution in [3.63, 3.8) is 0 Å². The van der Waals surface area contributed by atoms with Gasteiger partial charge in [0, 0.05) is 31.2 Å². The lowest BCUT2D eigenvalue weighted by atomic mass is 10.1. The minimum Gasteiger partial charge on any atom is -0.309 e. The number of aromatic nitrogens is 2. The van der Waals surface area contributed by atoms with Gasteiger partial charge in [-0.3, -0.25) is 9.48 Å². The predicted octanol–water partition coefficient (Wildman–Crippen LogP) is 1.41. The summed E-state index contributed by atoms with van der Waals surface area (Å²) < 4.78 is 1.85. The molecule has 20 heavy (non-hydrogen) atoms. The van der Waals surface area contributed by atoms with Gasteiger partial charge in [-0.1, -0.05) is 18.2 Å². The molecule has 3 rings (SSSR count). The molecule has 1 aromatic carbocycles. The molecule has 2 aromatic rings. The number of hydrogen-bond acceptors (Lipinski definition) is 3. The van der Waals surface area contributed by atoms with Crippen molar-refractivity contribution < 1.29 is 4.79 Å². The summed E-state index contributed by atoms with van der Waals surface area (Å²) in [6.45, 7) is 3.96. The summed E-state index contributed by atoms with van der Waals surface area (Å²) in [5, 5.41) is 7.45. The Hall–Kier alpha value is -2.14. The third kappa shape index (κ3) is 2.44. The second kappa shape index (κ2) is 5.46. The number of benzene rings is 1. The standard InChI is InChI=1S/C15H18N4O/c1-12-15(20)19(10-9-18-8-4-7-17-18)14-6-3-2-5-13(14)11-16-12/h2-8,12,16H,9-11H2,1H3. The number of carbonyl (C=O) groups is 1. The van der Waals surface area contributed by atoms with Crippen molar-refractivity contribution in [1.82, 2.24) is 15.1 Å². The van der Waals surface area contributed by atoms with Gasteiger partial charge in [0.25, 0.3) is 0 Å². The number of rotatable bonds is 3. The third-order valence-corrected chi connectivity index (χ3v) is 3.63. The molecule has 1 aliphatic heterocycles. The number of nitrogens with zero attached hydrogens (tertiary/aromatic N) is 3. The number of carbonyl (C=O) groups excluding carboxylic acids is 1. The maximum absolute atomic E-state index is 12.5. The maximum atomic E-state index is 12.5. The van der Waals surface area contributed by atoms with E-state index in [9.17, 15) is 4.79 Å². The molecule has 1 N–H and O–H groups in total. The van der Waals surface area contributed by atoms with E-state index in [2.05, 4.69) is 16.5 Å². The van der Waals surface area contributed by atoms with Crippen LogP contribution < -0.4 is 10.2 Å². The first-order chi connectivity index (χ1) is 9.75. The second-order valence-corrected chi connectivity index (χ2v) is 4.99. The van der Waals surface area contributed by atoms with Crippen LogP contribution in [0.4, 0.5) is 5.69 Å². The van der Waals surface area contributed by atoms with E-state index in [0.29, 0.717) is 13.1 Å². The second-order valence-electron chi connectivity index (χ2n) is 4.99. The summed E-state index contributed by atoms with van der Waals surface area (Å²) in [5.41, 5.74) is 2.16. The van der Waals surface area contributed by atoms with Crippen LogP contribution in [0.15, 0.2) is 42.7 Å². The summed E-state index contributed by atoms with van der Waals surface area (Å²) in [6, 6.07) is 9.78. The van der Waals surface area contributed by atoms with Gasteiger partial charge in [-0.15, -0.1) is 0 Å². The van der Waals surface area contributed by atoms with E-state index in [4.69, 9.17) is 0 Å². The number of nitrogens with one attached hydrogen (secondary N) is 1. The molecular formula is C15H18N4O. The molecule has 1 aromatic heterocycles. The highest BCUT2D eigenvalue weighted by Crippen LogP contribution is 2.23. The fourth-order valence-corrected chi connectivity index (χ4v) is 2.49. The SMILES string of the molecule is CC1NCc2ccccc2N(CCn2cccn2)C1=O. The quantitative estimate of drug-likeness (QED) is 0.917. The Morgan fingerprint density at radius 3 is 2.95 bits per heavy atom. The first-order valence-electron chi connectivity index (χ1n) is 6.86. The first kappa shape index (κ1) is 12.9. The molecular weight excluding hydrogens is 252 g/mol. The largest absolute Gasteiger partial charge is 0.309 e. The maximum Gasteiger partial charge on any atom is 0.243 e. The molecule has 0 saturated heterocycles. The number of fused-ring (bicyclic) bond motifs is 1. The predicted molar refractivity (Wildman–Crippen MR) is 77.3 cm³/mol. The van der Waals surface area contributed by atoms with Gasteiger partial charge >= 0.3 is 0 Å². The molecule has 5 nitrogen and oxygen atoms in total. The minimum absolute atomic E-state index is 0.113. The van der Waals surface area contributed by atoms with Crippen molar-refractivity contribution in [2.24, 2.45) is 0 Å². The van der Waals surface area contributed by atoms with Gasteiger partial charge in [-0.25, -0.2) is 0 Å². The lowest BCUT2D eigenvalue weighted by Gasteiger charge is -2.24. The first-order valence-corrected chi connectivity index (χ1v) is 6.86. The Balaban J connectivity index is 1.86. The van der Waals surface area contributed by atoms with Gasteiger partial charge < -0.3 is 10.2 Å². The van der Waals surface area contributed by atoms with Crippen LogP contribution in [0.3, 0.4) is 0 Å². The molecule has 1 atom stereocenters. The molecule has 0 bridgehead atoms. The van der Waals surface area contributed by atoms with Crippen LogP contribution in [-0.2, 0) is 17.9 Å². The van der Waals surface area contributed by atoms with Crippen molar-refractivity contribution in [2.45, 2.75) is 26.1 Å². The average Bonchev–Trinajstić information content (AvgIpc) is 2.95. The van der Waals surface area contributed by atoms with Crippen LogP contribution in [0, 0.1) is 0 Å². The summed E-state index contributed by atoms with van der Waals surface area (Å²) in [6.07, 6.45) is 3.66. The topological polar surface area (TPSA) is 50.2 Å². The van der Waals surface area contributed by atoms with Crippen LogP contribution in [0.2, 0.25) is 0 Å².